The van der Waals surface area contributed by atoms with Crippen LogP contribution in [0.2, 0.25) is 0 Å². The van der Waals surface area contributed by atoms with E-state index in [-0.39, 0.29) is 0 Å². The molecule has 1 aliphatic heterocycles. The Labute approximate surface area is 128 Å². The summed E-state index contributed by atoms with van der Waals surface area (Å²) >= 11 is 4.26. The topological polar surface area (TPSA) is 21.3 Å². The van der Waals surface area contributed by atoms with Crippen molar-refractivity contribution in [2.24, 2.45) is 5.92 Å². The second-order valence-electron chi connectivity index (χ2n) is 4.98. The van der Waals surface area contributed by atoms with Gasteiger partial charge in [-0.25, -0.2) is 0 Å². The highest BCUT2D eigenvalue weighted by Crippen LogP contribution is 2.30. The van der Waals surface area contributed by atoms with Gasteiger partial charge in [0.2, 0.25) is 0 Å². The fourth-order valence-corrected chi connectivity index (χ4v) is 3.90. The average Bonchev–Trinajstić information content (AvgIpc) is 2.82. The molecular formula is C14H22INOS. The predicted octanol–water partition coefficient (Wildman–Crippen LogP) is 4.21. The maximum atomic E-state index is 5.45. The van der Waals surface area contributed by atoms with Crippen LogP contribution in [0.25, 0.3) is 0 Å². The maximum absolute atomic E-state index is 5.45. The Bertz CT molecular complexity index is 349. The number of thiophene rings is 1. The van der Waals surface area contributed by atoms with Crippen molar-refractivity contribution < 1.29 is 4.74 Å². The van der Waals surface area contributed by atoms with Crippen LogP contribution < -0.4 is 5.32 Å². The first-order valence-electron chi connectivity index (χ1n) is 6.84. The summed E-state index contributed by atoms with van der Waals surface area (Å²) < 4.78 is 6.84. The fraction of sp³-hybridized carbons (Fsp3) is 0.714. The molecule has 1 saturated heterocycles. The number of halogens is 1. The summed E-state index contributed by atoms with van der Waals surface area (Å²) in [5.41, 5.74) is 1.48. The molecule has 2 rings (SSSR count). The van der Waals surface area contributed by atoms with E-state index >= 15 is 0 Å². The van der Waals surface area contributed by atoms with Crippen LogP contribution in [0.3, 0.4) is 0 Å². The van der Waals surface area contributed by atoms with E-state index in [1.807, 2.05) is 11.3 Å². The van der Waals surface area contributed by atoms with Crippen molar-refractivity contribution in [1.29, 1.82) is 0 Å². The third-order valence-corrected chi connectivity index (χ3v) is 5.35. The lowest BCUT2D eigenvalue weighted by Gasteiger charge is -2.27. The Hall–Kier alpha value is 0.350. The zero-order valence-corrected chi connectivity index (χ0v) is 13.9. The van der Waals surface area contributed by atoms with E-state index in [1.54, 1.807) is 0 Å². The van der Waals surface area contributed by atoms with Gasteiger partial charge >= 0.3 is 0 Å². The highest BCUT2D eigenvalue weighted by Gasteiger charge is 2.20. The molecular weight excluding hydrogens is 357 g/mol. The summed E-state index contributed by atoms with van der Waals surface area (Å²) in [6.07, 6.45) is 4.92. The molecule has 0 saturated carbocycles. The van der Waals surface area contributed by atoms with Crippen molar-refractivity contribution in [2.45, 2.75) is 38.6 Å². The van der Waals surface area contributed by atoms with Crippen molar-refractivity contribution in [3.63, 3.8) is 0 Å². The predicted molar refractivity (Wildman–Crippen MR) is 86.2 cm³/mol. The molecule has 0 aliphatic carbocycles. The van der Waals surface area contributed by atoms with E-state index in [2.05, 4.69) is 46.3 Å². The lowest BCUT2D eigenvalue weighted by molar-refractivity contribution is 0.0605. The van der Waals surface area contributed by atoms with Gasteiger partial charge in [-0.3, -0.25) is 0 Å². The first-order valence-corrected chi connectivity index (χ1v) is 8.80. The van der Waals surface area contributed by atoms with E-state index in [9.17, 15) is 0 Å². The van der Waals surface area contributed by atoms with Crippen LogP contribution in [-0.4, -0.2) is 19.8 Å². The van der Waals surface area contributed by atoms with E-state index in [4.69, 9.17) is 4.74 Å². The highest BCUT2D eigenvalue weighted by atomic mass is 127. The molecule has 1 atom stereocenters. The maximum Gasteiger partial charge on any atom is 0.0656 e. The largest absolute Gasteiger partial charge is 0.381 e. The van der Waals surface area contributed by atoms with Crippen molar-refractivity contribution in [3.05, 3.63) is 19.9 Å². The SMILES string of the molecule is CCCNC(CC1CCOCC1)c1csc(I)c1. The highest BCUT2D eigenvalue weighted by molar-refractivity contribution is 14.1. The molecule has 102 valence electrons. The first kappa shape index (κ1) is 14.8. The molecule has 1 fully saturated rings. The van der Waals surface area contributed by atoms with Crippen LogP contribution in [0.5, 0.6) is 0 Å². The Morgan fingerprint density at radius 3 is 2.89 bits per heavy atom. The smallest absolute Gasteiger partial charge is 0.0656 e. The quantitative estimate of drug-likeness (QED) is 0.748. The van der Waals surface area contributed by atoms with Gasteiger partial charge < -0.3 is 10.1 Å². The van der Waals surface area contributed by atoms with Crippen LogP contribution in [0.1, 0.15) is 44.2 Å². The number of ether oxygens (including phenoxy) is 1. The van der Waals surface area contributed by atoms with E-state index in [0.717, 1.165) is 25.7 Å². The van der Waals surface area contributed by atoms with Gasteiger partial charge in [0.1, 0.15) is 0 Å². The number of rotatable bonds is 6. The minimum absolute atomic E-state index is 0.535. The molecule has 4 heteroatoms. The second kappa shape index (κ2) is 7.82. The summed E-state index contributed by atoms with van der Waals surface area (Å²) in [6.45, 7) is 5.24. The summed E-state index contributed by atoms with van der Waals surface area (Å²) in [7, 11) is 0. The molecule has 0 aromatic carbocycles. The number of nitrogens with one attached hydrogen (secondary N) is 1. The lowest BCUT2D eigenvalue weighted by Crippen LogP contribution is -2.26. The Kier molecular flexibility index (Phi) is 6.41. The fourth-order valence-electron chi connectivity index (χ4n) is 2.48. The van der Waals surface area contributed by atoms with Gasteiger partial charge in [-0.15, -0.1) is 11.3 Å². The van der Waals surface area contributed by atoms with Gasteiger partial charge in [0, 0.05) is 19.3 Å². The van der Waals surface area contributed by atoms with Gasteiger partial charge in [-0.2, -0.15) is 0 Å². The number of hydrogen-bond acceptors (Lipinski definition) is 3. The first-order chi connectivity index (χ1) is 8.79. The zero-order chi connectivity index (χ0) is 12.8. The van der Waals surface area contributed by atoms with Gasteiger partial charge in [0.15, 0.2) is 0 Å². The summed E-state index contributed by atoms with van der Waals surface area (Å²) in [4.78, 5) is 0. The lowest BCUT2D eigenvalue weighted by atomic mass is 9.90. The molecule has 1 N–H and O–H groups in total. The summed E-state index contributed by atoms with van der Waals surface area (Å²) in [5, 5.41) is 6.02. The molecule has 1 aromatic rings. The molecule has 1 aliphatic rings. The van der Waals surface area contributed by atoms with Gasteiger partial charge in [-0.05, 0) is 77.7 Å². The third kappa shape index (κ3) is 4.47. The number of hydrogen-bond donors (Lipinski definition) is 1. The summed E-state index contributed by atoms with van der Waals surface area (Å²) in [6, 6.07) is 2.87. The average molecular weight is 379 g/mol. The molecule has 0 radical (unpaired) electrons. The third-order valence-electron chi connectivity index (χ3n) is 3.54. The molecule has 18 heavy (non-hydrogen) atoms. The molecule has 1 unspecified atom stereocenters. The van der Waals surface area contributed by atoms with Crippen LogP contribution in [0.15, 0.2) is 11.4 Å². The molecule has 1 aromatic heterocycles. The van der Waals surface area contributed by atoms with Crippen LogP contribution in [0, 0.1) is 8.80 Å². The van der Waals surface area contributed by atoms with Crippen LogP contribution in [-0.2, 0) is 4.74 Å². The molecule has 2 heterocycles. The minimum Gasteiger partial charge on any atom is -0.381 e. The van der Waals surface area contributed by atoms with E-state index < -0.39 is 0 Å². The van der Waals surface area contributed by atoms with Gasteiger partial charge in [0.05, 0.1) is 2.88 Å². The van der Waals surface area contributed by atoms with Gasteiger partial charge in [-0.1, -0.05) is 6.92 Å². The monoisotopic (exact) mass is 379 g/mol. The summed E-state index contributed by atoms with van der Waals surface area (Å²) in [5.74, 6) is 0.825. The van der Waals surface area contributed by atoms with Gasteiger partial charge in [0.25, 0.3) is 0 Å². The van der Waals surface area contributed by atoms with Crippen LogP contribution in [0.4, 0.5) is 0 Å². The van der Waals surface area contributed by atoms with Crippen LogP contribution >= 0.6 is 33.9 Å². The Morgan fingerprint density at radius 1 is 1.50 bits per heavy atom. The molecule has 2 nitrogen and oxygen atoms in total. The Morgan fingerprint density at radius 2 is 2.28 bits per heavy atom. The second-order valence-corrected chi connectivity index (χ2v) is 7.79. The standard InChI is InChI=1S/C14H22INOS/c1-2-5-16-13(12-9-14(15)18-10-12)8-11-3-6-17-7-4-11/h9-11,13,16H,2-8H2,1H3. The zero-order valence-electron chi connectivity index (χ0n) is 11.0. The van der Waals surface area contributed by atoms with Crippen molar-refractivity contribution >= 4 is 33.9 Å². The molecule has 0 bridgehead atoms. The minimum atomic E-state index is 0.535. The van der Waals surface area contributed by atoms with Crippen molar-refractivity contribution in [3.8, 4) is 0 Å². The molecule has 0 spiro atoms. The molecule has 0 amide bonds. The van der Waals surface area contributed by atoms with Crippen molar-refractivity contribution in [2.75, 3.05) is 19.8 Å². The normalized spacial score (nSPS) is 19.0. The van der Waals surface area contributed by atoms with Crippen molar-refractivity contribution in [1.82, 2.24) is 5.32 Å². The van der Waals surface area contributed by atoms with E-state index in [1.165, 1.54) is 34.1 Å². The van der Waals surface area contributed by atoms with E-state index in [0.29, 0.717) is 6.04 Å². The Balaban J connectivity index is 1.95.